The zero-order valence-electron chi connectivity index (χ0n) is 21.5. The third kappa shape index (κ3) is 7.91. The van der Waals surface area contributed by atoms with Crippen molar-refractivity contribution in [3.63, 3.8) is 0 Å². The summed E-state index contributed by atoms with van der Waals surface area (Å²) in [4.78, 5) is 28.3. The average Bonchev–Trinajstić information content (AvgIpc) is 2.87. The predicted molar refractivity (Wildman–Crippen MR) is 152 cm³/mol. The van der Waals surface area contributed by atoms with E-state index in [9.17, 15) is 18.0 Å². The largest absolute Gasteiger partial charge is 0.495 e. The highest BCUT2D eigenvalue weighted by Crippen LogP contribution is 2.33. The van der Waals surface area contributed by atoms with Crippen LogP contribution in [0.5, 0.6) is 5.75 Å². The van der Waals surface area contributed by atoms with Gasteiger partial charge in [0.2, 0.25) is 21.8 Å². The van der Waals surface area contributed by atoms with Gasteiger partial charge in [0.05, 0.1) is 29.1 Å². The summed E-state index contributed by atoms with van der Waals surface area (Å²) in [5.41, 5.74) is 0.751. The maximum absolute atomic E-state index is 13.8. The first-order valence-electron chi connectivity index (χ1n) is 12.3. The van der Waals surface area contributed by atoms with Crippen LogP contribution >= 0.6 is 34.8 Å². The smallest absolute Gasteiger partial charge is 0.244 e. The van der Waals surface area contributed by atoms with Crippen molar-refractivity contribution >= 4 is 62.3 Å². The van der Waals surface area contributed by atoms with Gasteiger partial charge in [0.25, 0.3) is 0 Å². The quantitative estimate of drug-likeness (QED) is 0.398. The molecule has 1 N–H and O–H groups in total. The van der Waals surface area contributed by atoms with Crippen LogP contribution in [0, 0.1) is 0 Å². The van der Waals surface area contributed by atoms with Crippen molar-refractivity contribution in [1.29, 1.82) is 0 Å². The van der Waals surface area contributed by atoms with Gasteiger partial charge in [-0.1, -0.05) is 60.1 Å². The Hall–Kier alpha value is -2.20. The standard InChI is InChI=1S/C26H32Cl3N3O5S/c1-17(26(34)30-20-7-5-4-6-8-20)31(15-18-9-11-21(28)22(29)13-18)25(33)16-32(38(3,35)36)23-14-19(27)10-12-24(23)37-2/h9-14,17,20H,4-8,15-16H2,1-3H3,(H,30,34)/t17-/m0/s1. The van der Waals surface area contributed by atoms with E-state index >= 15 is 0 Å². The number of amides is 2. The molecule has 2 aromatic carbocycles. The number of hydrogen-bond donors (Lipinski definition) is 1. The third-order valence-electron chi connectivity index (χ3n) is 6.54. The van der Waals surface area contributed by atoms with Gasteiger partial charge in [0.15, 0.2) is 0 Å². The van der Waals surface area contributed by atoms with Crippen LogP contribution in [0.4, 0.5) is 5.69 Å². The van der Waals surface area contributed by atoms with E-state index in [-0.39, 0.29) is 35.0 Å². The predicted octanol–water partition coefficient (Wildman–Crippen LogP) is 5.29. The normalized spacial score (nSPS) is 15.0. The molecule has 38 heavy (non-hydrogen) atoms. The first-order valence-corrected chi connectivity index (χ1v) is 15.2. The molecule has 0 aromatic heterocycles. The number of benzene rings is 2. The van der Waals surface area contributed by atoms with Gasteiger partial charge in [-0.25, -0.2) is 8.42 Å². The zero-order chi connectivity index (χ0) is 28.0. The van der Waals surface area contributed by atoms with Crippen molar-refractivity contribution in [3.05, 3.63) is 57.0 Å². The molecule has 1 saturated carbocycles. The van der Waals surface area contributed by atoms with Gasteiger partial charge in [-0.05, 0) is 55.7 Å². The van der Waals surface area contributed by atoms with Crippen LogP contribution in [-0.4, -0.2) is 57.1 Å². The van der Waals surface area contributed by atoms with Crippen LogP contribution in [0.2, 0.25) is 15.1 Å². The molecule has 1 fully saturated rings. The number of nitrogens with one attached hydrogen (secondary N) is 1. The molecular formula is C26H32Cl3N3O5S. The minimum atomic E-state index is -3.94. The fourth-order valence-electron chi connectivity index (χ4n) is 4.44. The zero-order valence-corrected chi connectivity index (χ0v) is 24.6. The van der Waals surface area contributed by atoms with Gasteiger partial charge < -0.3 is 15.0 Å². The molecule has 2 aromatic rings. The summed E-state index contributed by atoms with van der Waals surface area (Å²) in [5.74, 6) is -0.668. The lowest BCUT2D eigenvalue weighted by atomic mass is 9.95. The van der Waals surface area contributed by atoms with Crippen molar-refractivity contribution in [2.45, 2.75) is 57.7 Å². The summed E-state index contributed by atoms with van der Waals surface area (Å²) in [6.07, 6.45) is 5.97. The number of anilines is 1. The molecule has 1 atom stereocenters. The maximum Gasteiger partial charge on any atom is 0.244 e. The van der Waals surface area contributed by atoms with Gasteiger partial charge in [-0.2, -0.15) is 0 Å². The molecule has 0 radical (unpaired) electrons. The topological polar surface area (TPSA) is 96.0 Å². The molecule has 208 valence electrons. The third-order valence-corrected chi connectivity index (χ3v) is 8.65. The number of nitrogens with zero attached hydrogens (tertiary/aromatic N) is 2. The van der Waals surface area contributed by atoms with Crippen molar-refractivity contribution in [3.8, 4) is 5.75 Å². The van der Waals surface area contributed by atoms with Crippen LogP contribution in [0.3, 0.4) is 0 Å². The van der Waals surface area contributed by atoms with Gasteiger partial charge in [0, 0.05) is 17.6 Å². The first-order chi connectivity index (χ1) is 17.9. The summed E-state index contributed by atoms with van der Waals surface area (Å²) in [7, 11) is -2.55. The molecule has 0 aliphatic heterocycles. The van der Waals surface area contributed by atoms with Gasteiger partial charge in [-0.3, -0.25) is 13.9 Å². The summed E-state index contributed by atoms with van der Waals surface area (Å²) in [5, 5.41) is 3.98. The molecule has 1 aliphatic carbocycles. The number of methoxy groups -OCH3 is 1. The Balaban J connectivity index is 1.94. The Morgan fingerprint density at radius 2 is 1.74 bits per heavy atom. The van der Waals surface area contributed by atoms with E-state index in [1.54, 1.807) is 31.2 Å². The molecule has 3 rings (SSSR count). The molecule has 12 heteroatoms. The molecule has 1 aliphatic rings. The number of rotatable bonds is 10. The molecule has 0 bridgehead atoms. The number of halogens is 3. The highest BCUT2D eigenvalue weighted by atomic mass is 35.5. The van der Waals surface area contributed by atoms with E-state index in [1.165, 1.54) is 24.1 Å². The van der Waals surface area contributed by atoms with Crippen LogP contribution in [0.15, 0.2) is 36.4 Å². The van der Waals surface area contributed by atoms with Crippen molar-refractivity contribution in [2.24, 2.45) is 0 Å². The first kappa shape index (κ1) is 30.3. The molecule has 0 saturated heterocycles. The highest BCUT2D eigenvalue weighted by Gasteiger charge is 2.32. The molecule has 0 heterocycles. The van der Waals surface area contributed by atoms with Crippen molar-refractivity contribution < 1.29 is 22.7 Å². The second kappa shape index (κ2) is 13.2. The lowest BCUT2D eigenvalue weighted by Crippen LogP contribution is -2.53. The number of ether oxygens (including phenoxy) is 1. The van der Waals surface area contributed by atoms with E-state index in [0.717, 1.165) is 42.7 Å². The summed E-state index contributed by atoms with van der Waals surface area (Å²) in [6, 6.07) is 8.57. The summed E-state index contributed by atoms with van der Waals surface area (Å²) >= 11 is 18.4. The van der Waals surface area contributed by atoms with Crippen molar-refractivity contribution in [2.75, 3.05) is 24.2 Å². The van der Waals surface area contributed by atoms with E-state index in [1.807, 2.05) is 0 Å². The van der Waals surface area contributed by atoms with Gasteiger partial charge >= 0.3 is 0 Å². The van der Waals surface area contributed by atoms with Crippen molar-refractivity contribution in [1.82, 2.24) is 10.2 Å². The minimum Gasteiger partial charge on any atom is -0.495 e. The number of hydrogen-bond acceptors (Lipinski definition) is 5. The van der Waals surface area contributed by atoms with E-state index in [2.05, 4.69) is 5.32 Å². The fraction of sp³-hybridized carbons (Fsp3) is 0.462. The van der Waals surface area contributed by atoms with E-state index < -0.39 is 28.5 Å². The Labute approximate surface area is 239 Å². The van der Waals surface area contributed by atoms with Crippen LogP contribution in [-0.2, 0) is 26.2 Å². The average molecular weight is 605 g/mol. The number of carbonyl (C=O) groups excluding carboxylic acids is 2. The number of sulfonamides is 1. The monoisotopic (exact) mass is 603 g/mol. The second-order valence-electron chi connectivity index (χ2n) is 9.38. The Kier molecular flexibility index (Phi) is 10.6. The lowest BCUT2D eigenvalue weighted by molar-refractivity contribution is -0.139. The van der Waals surface area contributed by atoms with E-state index in [4.69, 9.17) is 39.5 Å². The summed E-state index contributed by atoms with van der Waals surface area (Å²) < 4.78 is 31.9. The molecule has 0 unspecified atom stereocenters. The molecular weight excluding hydrogens is 573 g/mol. The van der Waals surface area contributed by atoms with Crippen LogP contribution in [0.25, 0.3) is 0 Å². The van der Waals surface area contributed by atoms with Crippen LogP contribution in [0.1, 0.15) is 44.6 Å². The molecule has 2 amide bonds. The Morgan fingerprint density at radius 1 is 1.05 bits per heavy atom. The fourth-order valence-corrected chi connectivity index (χ4v) is 5.77. The maximum atomic E-state index is 13.8. The Bertz CT molecular complexity index is 1270. The summed E-state index contributed by atoms with van der Waals surface area (Å²) in [6.45, 7) is 1.06. The highest BCUT2D eigenvalue weighted by molar-refractivity contribution is 7.92. The second-order valence-corrected chi connectivity index (χ2v) is 12.5. The van der Waals surface area contributed by atoms with Gasteiger partial charge in [0.1, 0.15) is 18.3 Å². The lowest BCUT2D eigenvalue weighted by Gasteiger charge is -2.33. The number of carbonyl (C=O) groups is 2. The molecule has 8 nitrogen and oxygen atoms in total. The molecule has 0 spiro atoms. The Morgan fingerprint density at radius 3 is 2.34 bits per heavy atom. The SMILES string of the molecule is COc1ccc(Cl)cc1N(CC(=O)N(Cc1ccc(Cl)c(Cl)c1)[C@@H](C)C(=O)NC1CCCCC1)S(C)(=O)=O. The van der Waals surface area contributed by atoms with Gasteiger partial charge in [-0.15, -0.1) is 0 Å². The van der Waals surface area contributed by atoms with Crippen LogP contribution < -0.4 is 14.4 Å². The minimum absolute atomic E-state index is 0.0132. The van der Waals surface area contributed by atoms with E-state index in [0.29, 0.717) is 15.6 Å².